The Morgan fingerprint density at radius 3 is 2.77 bits per heavy atom. The van der Waals surface area contributed by atoms with Crippen LogP contribution in [0.15, 0.2) is 12.7 Å². The van der Waals surface area contributed by atoms with Gasteiger partial charge in [-0.1, -0.05) is 13.0 Å². The highest BCUT2D eigenvalue weighted by molar-refractivity contribution is 4.74. The average Bonchev–Trinajstić information content (AvgIpc) is 2.10. The molecule has 0 radical (unpaired) electrons. The van der Waals surface area contributed by atoms with E-state index in [1.54, 1.807) is 7.05 Å². The topological polar surface area (TPSA) is 35.5 Å². The molecule has 0 spiro atoms. The molecule has 0 bridgehead atoms. The Bertz CT molecular complexity index is 126. The summed E-state index contributed by atoms with van der Waals surface area (Å²) in [7, 11) is 1.68. The average molecular weight is 186 g/mol. The van der Waals surface area contributed by atoms with Crippen molar-refractivity contribution < 1.29 is 5.21 Å². The predicted octanol–water partition coefficient (Wildman–Crippen LogP) is 1.64. The van der Waals surface area contributed by atoms with Crippen molar-refractivity contribution in [3.05, 3.63) is 12.7 Å². The van der Waals surface area contributed by atoms with Gasteiger partial charge in [0, 0.05) is 26.2 Å². The molecule has 2 N–H and O–H groups in total. The fourth-order valence-corrected chi connectivity index (χ4v) is 1.27. The molecule has 0 aromatic carbocycles. The van der Waals surface area contributed by atoms with E-state index in [-0.39, 0.29) is 0 Å². The van der Waals surface area contributed by atoms with Gasteiger partial charge in [-0.05, 0) is 19.3 Å². The van der Waals surface area contributed by atoms with Crippen LogP contribution in [-0.2, 0) is 0 Å². The van der Waals surface area contributed by atoms with Gasteiger partial charge in [0.1, 0.15) is 0 Å². The van der Waals surface area contributed by atoms with Crippen LogP contribution in [0.2, 0.25) is 0 Å². The largest absolute Gasteiger partial charge is 0.314 e. The molecule has 0 saturated heterocycles. The van der Waals surface area contributed by atoms with Crippen molar-refractivity contribution >= 4 is 0 Å². The van der Waals surface area contributed by atoms with Crippen LogP contribution in [-0.4, -0.2) is 36.4 Å². The minimum atomic E-state index is 0.554. The van der Waals surface area contributed by atoms with E-state index in [0.29, 0.717) is 6.04 Å². The molecule has 13 heavy (non-hydrogen) atoms. The summed E-state index contributed by atoms with van der Waals surface area (Å²) in [6.07, 6.45) is 5.13. The number of hydroxylamine groups is 2. The van der Waals surface area contributed by atoms with Gasteiger partial charge < -0.3 is 10.5 Å². The van der Waals surface area contributed by atoms with E-state index >= 15 is 0 Å². The lowest BCUT2D eigenvalue weighted by Gasteiger charge is -2.16. The van der Waals surface area contributed by atoms with Gasteiger partial charge in [0.15, 0.2) is 0 Å². The third-order valence-corrected chi connectivity index (χ3v) is 2.08. The van der Waals surface area contributed by atoms with Crippen molar-refractivity contribution in [3.8, 4) is 0 Å². The summed E-state index contributed by atoms with van der Waals surface area (Å²) in [6.45, 7) is 7.45. The lowest BCUT2D eigenvalue weighted by atomic mass is 10.1. The molecule has 0 aromatic heterocycles. The molecule has 0 heterocycles. The summed E-state index contributed by atoms with van der Waals surface area (Å²) in [5.41, 5.74) is 0. The van der Waals surface area contributed by atoms with E-state index in [0.717, 1.165) is 32.4 Å². The smallest absolute Gasteiger partial charge is 0.0235 e. The van der Waals surface area contributed by atoms with Crippen LogP contribution >= 0.6 is 0 Å². The van der Waals surface area contributed by atoms with Crippen LogP contribution in [0.25, 0.3) is 0 Å². The maximum atomic E-state index is 8.91. The van der Waals surface area contributed by atoms with Crippen LogP contribution in [0.1, 0.15) is 26.2 Å². The van der Waals surface area contributed by atoms with Crippen molar-refractivity contribution in [1.29, 1.82) is 0 Å². The molecule has 0 amide bonds. The molecule has 3 heteroatoms. The molecule has 1 atom stereocenters. The van der Waals surface area contributed by atoms with Crippen molar-refractivity contribution in [2.75, 3.05) is 20.1 Å². The highest BCUT2D eigenvalue weighted by atomic mass is 16.5. The summed E-state index contributed by atoms with van der Waals surface area (Å²) in [6, 6.07) is 0.554. The molecular weight excluding hydrogens is 164 g/mol. The van der Waals surface area contributed by atoms with E-state index in [9.17, 15) is 0 Å². The van der Waals surface area contributed by atoms with Gasteiger partial charge in [-0.15, -0.1) is 6.58 Å². The van der Waals surface area contributed by atoms with E-state index in [1.807, 2.05) is 6.08 Å². The zero-order valence-electron chi connectivity index (χ0n) is 8.79. The maximum absolute atomic E-state index is 8.91. The summed E-state index contributed by atoms with van der Waals surface area (Å²) in [5, 5.41) is 13.5. The molecule has 0 fully saturated rings. The SMILES string of the molecule is C=CCNC(CC)CCCN(C)O. The van der Waals surface area contributed by atoms with Crippen molar-refractivity contribution in [1.82, 2.24) is 10.4 Å². The molecule has 0 aliphatic heterocycles. The second kappa shape index (κ2) is 8.23. The molecule has 3 nitrogen and oxygen atoms in total. The van der Waals surface area contributed by atoms with E-state index < -0.39 is 0 Å². The minimum Gasteiger partial charge on any atom is -0.314 e. The van der Waals surface area contributed by atoms with E-state index in [1.165, 1.54) is 5.06 Å². The number of hydrogen-bond donors (Lipinski definition) is 2. The molecule has 0 aromatic rings. The van der Waals surface area contributed by atoms with E-state index in [4.69, 9.17) is 5.21 Å². The molecule has 0 saturated carbocycles. The van der Waals surface area contributed by atoms with Gasteiger partial charge >= 0.3 is 0 Å². The fraction of sp³-hybridized carbons (Fsp3) is 0.800. The zero-order valence-corrected chi connectivity index (χ0v) is 8.79. The summed E-state index contributed by atoms with van der Waals surface area (Å²) >= 11 is 0. The van der Waals surface area contributed by atoms with Crippen molar-refractivity contribution in [3.63, 3.8) is 0 Å². The predicted molar refractivity (Wildman–Crippen MR) is 55.9 cm³/mol. The zero-order chi connectivity index (χ0) is 10.1. The second-order valence-electron chi connectivity index (χ2n) is 3.33. The minimum absolute atomic E-state index is 0.554. The Hall–Kier alpha value is -0.380. The van der Waals surface area contributed by atoms with Crippen LogP contribution in [0.4, 0.5) is 0 Å². The number of hydrogen-bond acceptors (Lipinski definition) is 3. The number of nitrogens with one attached hydrogen (secondary N) is 1. The maximum Gasteiger partial charge on any atom is 0.0235 e. The van der Waals surface area contributed by atoms with Gasteiger partial charge in [-0.25, -0.2) is 0 Å². The summed E-state index contributed by atoms with van der Waals surface area (Å²) in [5.74, 6) is 0. The van der Waals surface area contributed by atoms with Crippen LogP contribution in [0.3, 0.4) is 0 Å². The Labute approximate surface area is 81.4 Å². The number of nitrogens with zero attached hydrogens (tertiary/aromatic N) is 1. The van der Waals surface area contributed by atoms with E-state index in [2.05, 4.69) is 18.8 Å². The van der Waals surface area contributed by atoms with Gasteiger partial charge in [-0.3, -0.25) is 0 Å². The summed E-state index contributed by atoms with van der Waals surface area (Å²) in [4.78, 5) is 0. The molecule has 0 aliphatic rings. The fourth-order valence-electron chi connectivity index (χ4n) is 1.27. The molecule has 78 valence electrons. The first kappa shape index (κ1) is 12.6. The Morgan fingerprint density at radius 1 is 1.62 bits per heavy atom. The van der Waals surface area contributed by atoms with Gasteiger partial charge in [-0.2, -0.15) is 5.06 Å². The number of rotatable bonds is 8. The standard InChI is InChI=1S/C10H22N2O/c1-4-8-11-10(5-2)7-6-9-12(3)13/h4,10-11,13H,1,5-9H2,2-3H3. The Balaban J connectivity index is 3.41. The first-order chi connectivity index (χ1) is 6.20. The second-order valence-corrected chi connectivity index (χ2v) is 3.33. The molecular formula is C10H22N2O. The monoisotopic (exact) mass is 186 g/mol. The van der Waals surface area contributed by atoms with Gasteiger partial charge in [0.05, 0.1) is 0 Å². The Kier molecular flexibility index (Phi) is 7.99. The highest BCUT2D eigenvalue weighted by Gasteiger charge is 2.03. The third-order valence-electron chi connectivity index (χ3n) is 2.08. The quantitative estimate of drug-likeness (QED) is 0.447. The van der Waals surface area contributed by atoms with Gasteiger partial charge in [0.2, 0.25) is 0 Å². The van der Waals surface area contributed by atoms with Crippen LogP contribution < -0.4 is 5.32 Å². The first-order valence-corrected chi connectivity index (χ1v) is 4.95. The van der Waals surface area contributed by atoms with Crippen LogP contribution in [0, 0.1) is 0 Å². The summed E-state index contributed by atoms with van der Waals surface area (Å²) < 4.78 is 0. The van der Waals surface area contributed by atoms with Crippen LogP contribution in [0.5, 0.6) is 0 Å². The molecule has 0 rings (SSSR count). The van der Waals surface area contributed by atoms with Gasteiger partial charge in [0.25, 0.3) is 0 Å². The van der Waals surface area contributed by atoms with Crippen molar-refractivity contribution in [2.45, 2.75) is 32.2 Å². The molecule has 0 aliphatic carbocycles. The molecule has 1 unspecified atom stereocenters. The van der Waals surface area contributed by atoms with Crippen molar-refractivity contribution in [2.24, 2.45) is 0 Å². The highest BCUT2D eigenvalue weighted by Crippen LogP contribution is 2.01. The lowest BCUT2D eigenvalue weighted by Crippen LogP contribution is -2.29. The third kappa shape index (κ3) is 7.96. The Morgan fingerprint density at radius 2 is 2.31 bits per heavy atom. The first-order valence-electron chi connectivity index (χ1n) is 4.95. The lowest BCUT2D eigenvalue weighted by molar-refractivity contribution is -0.0658. The normalized spacial score (nSPS) is 13.2.